The molecule has 1 aliphatic heterocycles. The van der Waals surface area contributed by atoms with E-state index in [1.54, 1.807) is 24.3 Å². The molecule has 12 heteroatoms. The lowest BCUT2D eigenvalue weighted by Crippen LogP contribution is -2.46. The molecule has 0 aliphatic carbocycles. The molecule has 1 fully saturated rings. The van der Waals surface area contributed by atoms with E-state index in [9.17, 15) is 9.59 Å². The van der Waals surface area contributed by atoms with Crippen LogP contribution in [0.4, 0.5) is 22.2 Å². The number of anilines is 3. The molecular formula is C31H43N9O3. The number of aldehydes is 1. The second kappa shape index (κ2) is 14.8. The first-order valence-corrected chi connectivity index (χ1v) is 14.6. The van der Waals surface area contributed by atoms with Gasteiger partial charge in [0.05, 0.1) is 17.9 Å². The summed E-state index contributed by atoms with van der Waals surface area (Å²) < 4.78 is 5.41. The lowest BCUT2D eigenvalue weighted by molar-refractivity contribution is -0.109. The topological polar surface area (TPSA) is 120 Å². The molecule has 230 valence electrons. The Morgan fingerprint density at radius 1 is 1.00 bits per heavy atom. The summed E-state index contributed by atoms with van der Waals surface area (Å²) in [6.07, 6.45) is 6.76. The molecule has 43 heavy (non-hydrogen) atoms. The van der Waals surface area contributed by atoms with E-state index < -0.39 is 5.60 Å². The average molecular weight is 590 g/mol. The fourth-order valence-electron chi connectivity index (χ4n) is 4.67. The molecule has 12 nitrogen and oxygen atoms in total. The number of nitrogens with one attached hydrogen (secondary N) is 1. The molecule has 0 atom stereocenters. The van der Waals surface area contributed by atoms with Crippen molar-refractivity contribution in [3.63, 3.8) is 0 Å². The quantitative estimate of drug-likeness (QED) is 0.312. The van der Waals surface area contributed by atoms with Gasteiger partial charge in [-0.15, -0.1) is 0 Å². The van der Waals surface area contributed by atoms with Gasteiger partial charge in [0, 0.05) is 89.8 Å². The number of piperazine rings is 1. The normalized spacial score (nSPS) is 14.3. The van der Waals surface area contributed by atoms with Gasteiger partial charge in [-0.25, -0.2) is 19.7 Å². The molecule has 4 heterocycles. The van der Waals surface area contributed by atoms with E-state index in [1.165, 1.54) is 0 Å². The molecule has 4 rings (SSSR count). The second-order valence-electron chi connectivity index (χ2n) is 11.8. The highest BCUT2D eigenvalue weighted by Crippen LogP contribution is 2.21. The minimum Gasteiger partial charge on any atom is -0.444 e. The standard InChI is InChI=1S/C31H43N9O3/c1-31(2,3)43-30(42)38(5)14-6-13-37(4)28-8-7-24(22-34-28)27-10-12-33-29(36-27)35-25-9-11-32-26(21-25)23-40-17-15-39(16-18-40)19-20-41/h7-12,20-22H,6,13-19,23H2,1-5H3,(H,32,33,35,36). The molecular weight excluding hydrogens is 546 g/mol. The van der Waals surface area contributed by atoms with Crippen LogP contribution in [0.5, 0.6) is 0 Å². The van der Waals surface area contributed by atoms with Gasteiger partial charge in [0.25, 0.3) is 0 Å². The van der Waals surface area contributed by atoms with Crippen molar-refractivity contribution in [2.75, 3.05) is 70.1 Å². The minimum atomic E-state index is -0.507. The summed E-state index contributed by atoms with van der Waals surface area (Å²) in [5, 5.41) is 3.30. The lowest BCUT2D eigenvalue weighted by atomic mass is 10.2. The highest BCUT2D eigenvalue weighted by molar-refractivity contribution is 5.67. The van der Waals surface area contributed by atoms with Crippen molar-refractivity contribution in [1.29, 1.82) is 0 Å². The van der Waals surface area contributed by atoms with Crippen LogP contribution in [-0.2, 0) is 16.1 Å². The fourth-order valence-corrected chi connectivity index (χ4v) is 4.67. The van der Waals surface area contributed by atoms with Crippen LogP contribution in [0.25, 0.3) is 11.3 Å². The average Bonchev–Trinajstić information content (AvgIpc) is 2.98. The summed E-state index contributed by atoms with van der Waals surface area (Å²) in [5.74, 6) is 1.33. The van der Waals surface area contributed by atoms with E-state index >= 15 is 0 Å². The number of hydrogen-bond donors (Lipinski definition) is 1. The van der Waals surface area contributed by atoms with E-state index in [0.717, 1.165) is 80.4 Å². The maximum Gasteiger partial charge on any atom is 0.410 e. The van der Waals surface area contributed by atoms with E-state index in [2.05, 4.69) is 35.0 Å². The zero-order valence-electron chi connectivity index (χ0n) is 25.9. The van der Waals surface area contributed by atoms with Crippen molar-refractivity contribution in [3.8, 4) is 11.3 Å². The second-order valence-corrected chi connectivity index (χ2v) is 11.8. The molecule has 0 spiro atoms. The summed E-state index contributed by atoms with van der Waals surface area (Å²) in [6, 6.07) is 9.75. The number of hydrogen-bond acceptors (Lipinski definition) is 11. The SMILES string of the molecule is CN(CCCN(C)c1ccc(-c2ccnc(Nc3ccnc(CN4CCN(CC=O)CC4)c3)n2)cn1)C(=O)OC(C)(C)C. The molecule has 3 aromatic rings. The van der Waals surface area contributed by atoms with Gasteiger partial charge in [-0.05, 0) is 57.5 Å². The van der Waals surface area contributed by atoms with Crippen LogP contribution in [0.2, 0.25) is 0 Å². The molecule has 0 aromatic carbocycles. The number of aromatic nitrogens is 4. The molecule has 0 bridgehead atoms. The maximum atomic E-state index is 12.2. The zero-order valence-corrected chi connectivity index (χ0v) is 25.9. The van der Waals surface area contributed by atoms with Gasteiger partial charge in [-0.3, -0.25) is 14.8 Å². The van der Waals surface area contributed by atoms with E-state index in [0.29, 0.717) is 19.0 Å². The Hall–Kier alpha value is -4.16. The number of carbonyl (C=O) groups is 2. The van der Waals surface area contributed by atoms with Gasteiger partial charge in [0.15, 0.2) is 0 Å². The van der Waals surface area contributed by atoms with Crippen molar-refractivity contribution in [1.82, 2.24) is 34.6 Å². The smallest absolute Gasteiger partial charge is 0.410 e. The summed E-state index contributed by atoms with van der Waals surface area (Å²) in [4.78, 5) is 49.4. The van der Waals surface area contributed by atoms with Crippen LogP contribution in [0.3, 0.4) is 0 Å². The maximum absolute atomic E-state index is 12.2. The van der Waals surface area contributed by atoms with Crippen molar-refractivity contribution >= 4 is 29.8 Å². The molecule has 1 aliphatic rings. The molecule has 1 saturated heterocycles. The van der Waals surface area contributed by atoms with Crippen LogP contribution < -0.4 is 10.2 Å². The molecule has 3 aromatic heterocycles. The number of amides is 1. The molecule has 1 amide bonds. The first kappa shape index (κ1) is 31.8. The number of carbonyl (C=O) groups excluding carboxylic acids is 2. The third-order valence-corrected chi connectivity index (χ3v) is 7.04. The first-order valence-electron chi connectivity index (χ1n) is 14.6. The molecule has 0 radical (unpaired) electrons. The van der Waals surface area contributed by atoms with Gasteiger partial charge < -0.3 is 24.6 Å². The summed E-state index contributed by atoms with van der Waals surface area (Å²) in [6.45, 7) is 11.8. The first-order chi connectivity index (χ1) is 20.6. The largest absolute Gasteiger partial charge is 0.444 e. The van der Waals surface area contributed by atoms with E-state index in [-0.39, 0.29) is 6.09 Å². The Morgan fingerprint density at radius 2 is 1.74 bits per heavy atom. The summed E-state index contributed by atoms with van der Waals surface area (Å²) >= 11 is 0. The molecule has 1 N–H and O–H groups in total. The van der Waals surface area contributed by atoms with Crippen molar-refractivity contribution in [2.45, 2.75) is 39.3 Å². The lowest BCUT2D eigenvalue weighted by Gasteiger charge is -2.33. The number of pyridine rings is 2. The van der Waals surface area contributed by atoms with Gasteiger partial charge in [-0.2, -0.15) is 0 Å². The molecule has 0 saturated carbocycles. The van der Waals surface area contributed by atoms with Crippen molar-refractivity contribution in [2.24, 2.45) is 0 Å². The number of ether oxygens (including phenoxy) is 1. The fraction of sp³-hybridized carbons (Fsp3) is 0.484. The van der Waals surface area contributed by atoms with Crippen LogP contribution in [-0.4, -0.2) is 113 Å². The van der Waals surface area contributed by atoms with Gasteiger partial charge in [0.1, 0.15) is 17.7 Å². The Bertz CT molecular complexity index is 1340. The van der Waals surface area contributed by atoms with Crippen LogP contribution in [0.1, 0.15) is 32.9 Å². The van der Waals surface area contributed by atoms with Crippen molar-refractivity contribution in [3.05, 3.63) is 54.6 Å². The predicted octanol–water partition coefficient (Wildman–Crippen LogP) is 3.69. The Morgan fingerprint density at radius 3 is 2.44 bits per heavy atom. The van der Waals surface area contributed by atoms with Crippen molar-refractivity contribution < 1.29 is 14.3 Å². The Labute approximate surface area is 254 Å². The third-order valence-electron chi connectivity index (χ3n) is 7.04. The highest BCUT2D eigenvalue weighted by Gasteiger charge is 2.20. The van der Waals surface area contributed by atoms with Gasteiger partial charge in [0.2, 0.25) is 5.95 Å². The van der Waals surface area contributed by atoms with Gasteiger partial charge >= 0.3 is 6.09 Å². The number of nitrogens with zero attached hydrogens (tertiary/aromatic N) is 8. The summed E-state index contributed by atoms with van der Waals surface area (Å²) in [7, 11) is 3.74. The van der Waals surface area contributed by atoms with Crippen LogP contribution in [0.15, 0.2) is 48.9 Å². The minimum absolute atomic E-state index is 0.317. The predicted molar refractivity (Wildman–Crippen MR) is 167 cm³/mol. The summed E-state index contributed by atoms with van der Waals surface area (Å²) in [5.41, 5.74) is 2.98. The third kappa shape index (κ3) is 9.97. The highest BCUT2D eigenvalue weighted by atomic mass is 16.6. The van der Waals surface area contributed by atoms with Crippen LogP contribution in [0, 0.1) is 0 Å². The van der Waals surface area contributed by atoms with E-state index in [4.69, 9.17) is 9.72 Å². The van der Waals surface area contributed by atoms with Gasteiger partial charge in [-0.1, -0.05) is 0 Å². The van der Waals surface area contributed by atoms with Crippen LogP contribution >= 0.6 is 0 Å². The molecule has 0 unspecified atom stereocenters. The Balaban J connectivity index is 1.29. The van der Waals surface area contributed by atoms with E-state index in [1.807, 2.05) is 64.3 Å². The number of rotatable bonds is 12. The zero-order chi connectivity index (χ0) is 30.8. The Kier molecular flexibility index (Phi) is 11.0. The monoisotopic (exact) mass is 589 g/mol.